The number of hydrogen-bond donors (Lipinski definition) is 0. The van der Waals surface area contributed by atoms with Gasteiger partial charge >= 0.3 is 0 Å². The summed E-state index contributed by atoms with van der Waals surface area (Å²) in [7, 11) is 1.78. The van der Waals surface area contributed by atoms with E-state index in [4.69, 9.17) is 0 Å². The summed E-state index contributed by atoms with van der Waals surface area (Å²) in [6, 6.07) is 9.21. The Labute approximate surface area is 87.0 Å². The number of carbonyl (C=O) groups excluding carboxylic acids is 1. The summed E-state index contributed by atoms with van der Waals surface area (Å²) >= 11 is 0. The lowest BCUT2D eigenvalue weighted by atomic mass is 10.1. The number of aromatic nitrogens is 1. The molecule has 1 aromatic carbocycles. The highest BCUT2D eigenvalue weighted by molar-refractivity contribution is 6.07. The summed E-state index contributed by atoms with van der Waals surface area (Å²) in [5.74, 6) is -0.558. The van der Waals surface area contributed by atoms with Gasteiger partial charge in [-0.1, -0.05) is 12.1 Å². The van der Waals surface area contributed by atoms with Crippen LogP contribution < -0.4 is 0 Å². The zero-order chi connectivity index (χ0) is 10.8. The molecule has 0 saturated carbocycles. The van der Waals surface area contributed by atoms with Crippen molar-refractivity contribution < 1.29 is 9.18 Å². The van der Waals surface area contributed by atoms with Gasteiger partial charge in [0.25, 0.3) is 0 Å². The van der Waals surface area contributed by atoms with Crippen molar-refractivity contribution in [2.24, 2.45) is 7.05 Å². The third-order valence-corrected chi connectivity index (χ3v) is 2.26. The summed E-state index contributed by atoms with van der Waals surface area (Å²) in [5.41, 5.74) is 0.928. The maximum Gasteiger partial charge on any atom is 0.209 e. The van der Waals surface area contributed by atoms with Crippen LogP contribution in [0.4, 0.5) is 4.39 Å². The molecule has 15 heavy (non-hydrogen) atoms. The van der Waals surface area contributed by atoms with Crippen molar-refractivity contribution >= 4 is 5.78 Å². The first-order valence-corrected chi connectivity index (χ1v) is 4.60. The Balaban J connectivity index is 2.41. The molecule has 0 atom stereocenters. The van der Waals surface area contributed by atoms with Crippen LogP contribution >= 0.6 is 0 Å². The second-order valence-electron chi connectivity index (χ2n) is 3.34. The molecule has 3 heteroatoms. The van der Waals surface area contributed by atoms with Gasteiger partial charge in [-0.05, 0) is 24.3 Å². The molecule has 1 aromatic heterocycles. The van der Waals surface area contributed by atoms with Crippen molar-refractivity contribution in [3.8, 4) is 0 Å². The van der Waals surface area contributed by atoms with Gasteiger partial charge in [0.05, 0.1) is 5.69 Å². The number of nitrogens with zero attached hydrogens (tertiary/aromatic N) is 1. The molecule has 0 aliphatic heterocycles. The number of halogens is 1. The first-order chi connectivity index (χ1) is 7.18. The van der Waals surface area contributed by atoms with Gasteiger partial charge in [0, 0.05) is 18.8 Å². The number of ketones is 1. The van der Waals surface area contributed by atoms with Crippen LogP contribution in [-0.2, 0) is 7.05 Å². The fourth-order valence-corrected chi connectivity index (χ4v) is 1.47. The van der Waals surface area contributed by atoms with Crippen molar-refractivity contribution in [2.75, 3.05) is 0 Å². The van der Waals surface area contributed by atoms with Gasteiger partial charge in [-0.3, -0.25) is 4.79 Å². The molecule has 2 rings (SSSR count). The molecule has 0 N–H and O–H groups in total. The van der Waals surface area contributed by atoms with Gasteiger partial charge in [0.1, 0.15) is 5.82 Å². The molecule has 0 fully saturated rings. The third-order valence-electron chi connectivity index (χ3n) is 2.26. The highest BCUT2D eigenvalue weighted by Gasteiger charge is 2.11. The smallest absolute Gasteiger partial charge is 0.209 e. The average molecular weight is 203 g/mol. The number of rotatable bonds is 2. The Morgan fingerprint density at radius 3 is 2.67 bits per heavy atom. The first-order valence-electron chi connectivity index (χ1n) is 4.60. The molecule has 0 unspecified atom stereocenters. The monoisotopic (exact) mass is 203 g/mol. The minimum absolute atomic E-state index is 0.165. The van der Waals surface area contributed by atoms with E-state index in [9.17, 15) is 9.18 Å². The van der Waals surface area contributed by atoms with Crippen molar-refractivity contribution in [2.45, 2.75) is 0 Å². The van der Waals surface area contributed by atoms with Gasteiger partial charge in [0.15, 0.2) is 0 Å². The largest absolute Gasteiger partial charge is 0.348 e. The van der Waals surface area contributed by atoms with E-state index < -0.39 is 5.82 Å². The summed E-state index contributed by atoms with van der Waals surface area (Å²) in [4.78, 5) is 11.9. The molecule has 0 aliphatic rings. The molecule has 0 spiro atoms. The van der Waals surface area contributed by atoms with Gasteiger partial charge in [0.2, 0.25) is 5.78 Å². The molecule has 0 bridgehead atoms. The zero-order valence-corrected chi connectivity index (χ0v) is 8.27. The van der Waals surface area contributed by atoms with Crippen LogP contribution in [0.1, 0.15) is 16.1 Å². The predicted molar refractivity (Wildman–Crippen MR) is 55.2 cm³/mol. The molecule has 0 aliphatic carbocycles. The highest BCUT2D eigenvalue weighted by atomic mass is 19.1. The fraction of sp³-hybridized carbons (Fsp3) is 0.0833. The lowest BCUT2D eigenvalue weighted by Crippen LogP contribution is -2.06. The quantitative estimate of drug-likeness (QED) is 0.687. The standard InChI is InChI=1S/C12H10FNO/c1-14-7-3-6-11(14)12(15)9-4-2-5-10(13)8-9/h2-8H,1H3. The Morgan fingerprint density at radius 1 is 1.27 bits per heavy atom. The zero-order valence-electron chi connectivity index (χ0n) is 8.27. The number of aryl methyl sites for hydroxylation is 1. The highest BCUT2D eigenvalue weighted by Crippen LogP contribution is 2.11. The van der Waals surface area contributed by atoms with Crippen LogP contribution in [0.25, 0.3) is 0 Å². The van der Waals surface area contributed by atoms with Gasteiger partial charge < -0.3 is 4.57 Å². The summed E-state index contributed by atoms with van der Waals surface area (Å²) in [5, 5.41) is 0. The SMILES string of the molecule is Cn1cccc1C(=O)c1cccc(F)c1. The van der Waals surface area contributed by atoms with Crippen molar-refractivity contribution in [1.29, 1.82) is 0 Å². The minimum atomic E-state index is -0.393. The van der Waals surface area contributed by atoms with Crippen molar-refractivity contribution in [3.63, 3.8) is 0 Å². The molecular weight excluding hydrogens is 193 g/mol. The third kappa shape index (κ3) is 1.81. The fourth-order valence-electron chi connectivity index (χ4n) is 1.47. The van der Waals surface area contributed by atoms with Crippen LogP contribution in [0.3, 0.4) is 0 Å². The summed E-state index contributed by atoms with van der Waals surface area (Å²) < 4.78 is 14.6. The summed E-state index contributed by atoms with van der Waals surface area (Å²) in [6.45, 7) is 0. The Bertz CT molecular complexity index is 502. The molecule has 76 valence electrons. The van der Waals surface area contributed by atoms with Crippen LogP contribution in [0.5, 0.6) is 0 Å². The molecule has 2 aromatic rings. The van der Waals surface area contributed by atoms with Crippen LogP contribution in [0.2, 0.25) is 0 Å². The van der Waals surface area contributed by atoms with Crippen LogP contribution in [-0.4, -0.2) is 10.4 Å². The topological polar surface area (TPSA) is 22.0 Å². The Kier molecular flexibility index (Phi) is 2.37. The number of benzene rings is 1. The first kappa shape index (κ1) is 9.65. The lowest BCUT2D eigenvalue weighted by molar-refractivity contribution is 0.103. The maximum atomic E-state index is 12.9. The molecule has 0 radical (unpaired) electrons. The minimum Gasteiger partial charge on any atom is -0.348 e. The molecule has 0 saturated heterocycles. The van der Waals surface area contributed by atoms with Gasteiger partial charge in [-0.2, -0.15) is 0 Å². The van der Waals surface area contributed by atoms with Crippen LogP contribution in [0, 0.1) is 5.82 Å². The van der Waals surface area contributed by atoms with E-state index in [-0.39, 0.29) is 5.78 Å². The molecular formula is C12H10FNO. The van der Waals surface area contributed by atoms with E-state index in [0.29, 0.717) is 11.3 Å². The van der Waals surface area contributed by atoms with Crippen LogP contribution in [0.15, 0.2) is 42.6 Å². The number of carbonyl (C=O) groups is 1. The van der Waals surface area contributed by atoms with Gasteiger partial charge in [-0.25, -0.2) is 4.39 Å². The second-order valence-corrected chi connectivity index (χ2v) is 3.34. The number of hydrogen-bond acceptors (Lipinski definition) is 1. The average Bonchev–Trinajstić information content (AvgIpc) is 2.63. The van der Waals surface area contributed by atoms with Crippen molar-refractivity contribution in [3.05, 3.63) is 59.7 Å². The summed E-state index contributed by atoms with van der Waals surface area (Å²) in [6.07, 6.45) is 1.78. The second kappa shape index (κ2) is 3.69. The van der Waals surface area contributed by atoms with E-state index >= 15 is 0 Å². The molecule has 0 amide bonds. The van der Waals surface area contributed by atoms with Crippen molar-refractivity contribution in [1.82, 2.24) is 4.57 Å². The predicted octanol–water partition coefficient (Wildman–Crippen LogP) is 2.40. The molecule has 2 nitrogen and oxygen atoms in total. The van der Waals surface area contributed by atoms with E-state index in [2.05, 4.69) is 0 Å². The maximum absolute atomic E-state index is 12.9. The molecule has 1 heterocycles. The van der Waals surface area contributed by atoms with E-state index in [1.165, 1.54) is 18.2 Å². The lowest BCUT2D eigenvalue weighted by Gasteiger charge is -2.02. The van der Waals surface area contributed by atoms with E-state index in [1.807, 2.05) is 0 Å². The Hall–Kier alpha value is -1.90. The normalized spacial score (nSPS) is 10.3. The van der Waals surface area contributed by atoms with E-state index in [0.717, 1.165) is 0 Å². The van der Waals surface area contributed by atoms with E-state index in [1.54, 1.807) is 36.0 Å². The van der Waals surface area contributed by atoms with Gasteiger partial charge in [-0.15, -0.1) is 0 Å². The Morgan fingerprint density at radius 2 is 2.07 bits per heavy atom.